The van der Waals surface area contributed by atoms with Gasteiger partial charge in [-0.2, -0.15) is 0 Å². The van der Waals surface area contributed by atoms with Gasteiger partial charge in [0.25, 0.3) is 0 Å². The summed E-state index contributed by atoms with van der Waals surface area (Å²) < 4.78 is 0. The normalized spacial score (nSPS) is 15.0. The van der Waals surface area contributed by atoms with E-state index in [4.69, 9.17) is 0 Å². The molecule has 0 unspecified atom stereocenters. The summed E-state index contributed by atoms with van der Waals surface area (Å²) in [4.78, 5) is 28.3. The van der Waals surface area contributed by atoms with Gasteiger partial charge in [-0.05, 0) is 56.9 Å². The van der Waals surface area contributed by atoms with E-state index in [0.29, 0.717) is 12.8 Å². The number of urea groups is 1. The Morgan fingerprint density at radius 2 is 1.81 bits per heavy atom. The van der Waals surface area contributed by atoms with E-state index in [-0.39, 0.29) is 11.9 Å². The fourth-order valence-electron chi connectivity index (χ4n) is 3.44. The van der Waals surface area contributed by atoms with E-state index in [0.717, 1.165) is 30.8 Å². The van der Waals surface area contributed by atoms with Crippen molar-refractivity contribution >= 4 is 17.6 Å². The van der Waals surface area contributed by atoms with Gasteiger partial charge < -0.3 is 20.4 Å². The van der Waals surface area contributed by atoms with Crippen LogP contribution in [-0.4, -0.2) is 62.0 Å². The highest BCUT2D eigenvalue weighted by molar-refractivity contribution is 5.90. The minimum atomic E-state index is -0.0988. The Balaban J connectivity index is 1.78. The highest BCUT2D eigenvalue weighted by Gasteiger charge is 2.13. The van der Waals surface area contributed by atoms with Gasteiger partial charge in [0.1, 0.15) is 0 Å². The summed E-state index contributed by atoms with van der Waals surface area (Å²) in [6.07, 6.45) is 7.29. The molecule has 0 aromatic heterocycles. The van der Waals surface area contributed by atoms with Crippen LogP contribution in [0.4, 0.5) is 10.5 Å². The van der Waals surface area contributed by atoms with Gasteiger partial charge in [-0.1, -0.05) is 31.0 Å². The number of nitrogens with one attached hydrogen (secondary N) is 2. The molecular formula is C21H34N4O2. The van der Waals surface area contributed by atoms with E-state index in [1.807, 2.05) is 31.3 Å². The second-order valence-corrected chi connectivity index (χ2v) is 7.29. The van der Waals surface area contributed by atoms with Crippen LogP contribution in [0.1, 0.15) is 44.1 Å². The number of amides is 3. The molecule has 1 fully saturated rings. The molecule has 2 rings (SSSR count). The molecule has 1 saturated heterocycles. The van der Waals surface area contributed by atoms with Crippen LogP contribution in [0.15, 0.2) is 24.3 Å². The van der Waals surface area contributed by atoms with Crippen LogP contribution in [0.25, 0.3) is 0 Å². The van der Waals surface area contributed by atoms with Gasteiger partial charge in [-0.15, -0.1) is 0 Å². The lowest BCUT2D eigenvalue weighted by Gasteiger charge is -2.23. The Morgan fingerprint density at radius 1 is 1.11 bits per heavy atom. The van der Waals surface area contributed by atoms with Gasteiger partial charge in [0, 0.05) is 32.7 Å². The second kappa shape index (κ2) is 11.6. The Labute approximate surface area is 163 Å². The third-order valence-corrected chi connectivity index (χ3v) is 5.17. The fourth-order valence-corrected chi connectivity index (χ4v) is 3.44. The van der Waals surface area contributed by atoms with E-state index in [1.54, 1.807) is 11.9 Å². The van der Waals surface area contributed by atoms with Crippen molar-refractivity contribution in [3.63, 3.8) is 0 Å². The molecule has 6 heteroatoms. The van der Waals surface area contributed by atoms with E-state index in [9.17, 15) is 9.59 Å². The van der Waals surface area contributed by atoms with E-state index in [1.165, 1.54) is 38.8 Å². The van der Waals surface area contributed by atoms with Crippen molar-refractivity contribution in [1.82, 2.24) is 15.1 Å². The number of anilines is 1. The molecule has 1 aromatic carbocycles. The molecule has 1 heterocycles. The van der Waals surface area contributed by atoms with E-state index < -0.39 is 0 Å². The lowest BCUT2D eigenvalue weighted by atomic mass is 10.1. The van der Waals surface area contributed by atoms with Crippen molar-refractivity contribution < 1.29 is 9.59 Å². The summed E-state index contributed by atoms with van der Waals surface area (Å²) in [5.74, 6) is 0.00163. The maximum atomic E-state index is 12.5. The Morgan fingerprint density at radius 3 is 2.52 bits per heavy atom. The summed E-state index contributed by atoms with van der Waals surface area (Å²) in [6.45, 7) is 4.17. The van der Waals surface area contributed by atoms with Crippen LogP contribution < -0.4 is 10.6 Å². The van der Waals surface area contributed by atoms with Gasteiger partial charge in [-0.3, -0.25) is 4.79 Å². The predicted octanol–water partition coefficient (Wildman–Crippen LogP) is 3.10. The summed E-state index contributed by atoms with van der Waals surface area (Å²) >= 11 is 0. The molecule has 0 aliphatic carbocycles. The summed E-state index contributed by atoms with van der Waals surface area (Å²) in [7, 11) is 3.47. The Kier molecular flexibility index (Phi) is 9.11. The molecule has 150 valence electrons. The number of benzene rings is 1. The number of likely N-dealkylation sites (tertiary alicyclic amines) is 1. The van der Waals surface area contributed by atoms with Gasteiger partial charge in [0.2, 0.25) is 5.91 Å². The molecule has 3 amide bonds. The van der Waals surface area contributed by atoms with Crippen LogP contribution >= 0.6 is 0 Å². The molecule has 6 nitrogen and oxygen atoms in total. The molecule has 1 aliphatic heterocycles. The highest BCUT2D eigenvalue weighted by Crippen LogP contribution is 2.17. The SMILES string of the molecule is CNC(=O)CCc1ccccc1NC(=O)N(C)CCCN1CCCCCC1. The molecule has 0 spiro atoms. The van der Waals surface area contributed by atoms with Crippen molar-refractivity contribution in [2.45, 2.75) is 44.9 Å². The quantitative estimate of drug-likeness (QED) is 0.735. The third-order valence-electron chi connectivity index (χ3n) is 5.17. The Bertz CT molecular complexity index is 598. The van der Waals surface area contributed by atoms with Crippen molar-refractivity contribution in [3.05, 3.63) is 29.8 Å². The smallest absolute Gasteiger partial charge is 0.321 e. The average molecular weight is 375 g/mol. The number of hydrogen-bond acceptors (Lipinski definition) is 3. The first-order valence-electron chi connectivity index (χ1n) is 10.1. The molecule has 0 atom stereocenters. The maximum Gasteiger partial charge on any atom is 0.321 e. The summed E-state index contributed by atoms with van der Waals surface area (Å²) in [5, 5.41) is 5.62. The topological polar surface area (TPSA) is 64.7 Å². The van der Waals surface area contributed by atoms with Crippen molar-refractivity contribution in [3.8, 4) is 0 Å². The van der Waals surface area contributed by atoms with Crippen LogP contribution in [0.2, 0.25) is 0 Å². The number of rotatable bonds is 8. The van der Waals surface area contributed by atoms with E-state index in [2.05, 4.69) is 15.5 Å². The number of hydrogen-bond donors (Lipinski definition) is 2. The monoisotopic (exact) mass is 374 g/mol. The third kappa shape index (κ3) is 7.59. The standard InChI is InChI=1S/C21H34N4O2/c1-22-20(26)13-12-18-10-5-6-11-19(18)23-21(27)24(2)14-9-17-25-15-7-3-4-8-16-25/h5-6,10-11H,3-4,7-9,12-17H2,1-2H3,(H,22,26)(H,23,27). The summed E-state index contributed by atoms with van der Waals surface area (Å²) in [5.41, 5.74) is 1.76. The van der Waals surface area contributed by atoms with Gasteiger partial charge in [0.05, 0.1) is 0 Å². The van der Waals surface area contributed by atoms with Crippen molar-refractivity contribution in [1.29, 1.82) is 0 Å². The zero-order valence-electron chi connectivity index (χ0n) is 16.8. The zero-order chi connectivity index (χ0) is 19.5. The minimum Gasteiger partial charge on any atom is -0.359 e. The number of nitrogens with zero attached hydrogens (tertiary/aromatic N) is 2. The van der Waals surface area contributed by atoms with E-state index >= 15 is 0 Å². The lowest BCUT2D eigenvalue weighted by molar-refractivity contribution is -0.120. The number of carbonyl (C=O) groups excluding carboxylic acids is 2. The number of carbonyl (C=O) groups is 2. The molecule has 27 heavy (non-hydrogen) atoms. The van der Waals surface area contributed by atoms with Gasteiger partial charge >= 0.3 is 6.03 Å². The maximum absolute atomic E-state index is 12.5. The molecule has 1 aliphatic rings. The average Bonchev–Trinajstić information content (AvgIpc) is 2.95. The van der Waals surface area contributed by atoms with Crippen LogP contribution in [0.3, 0.4) is 0 Å². The first-order valence-corrected chi connectivity index (χ1v) is 10.1. The summed E-state index contributed by atoms with van der Waals surface area (Å²) in [6, 6.07) is 7.58. The minimum absolute atomic E-state index is 0.00163. The molecule has 1 aromatic rings. The largest absolute Gasteiger partial charge is 0.359 e. The van der Waals surface area contributed by atoms with Crippen molar-refractivity contribution in [2.24, 2.45) is 0 Å². The molecule has 2 N–H and O–H groups in total. The van der Waals surface area contributed by atoms with Crippen molar-refractivity contribution in [2.75, 3.05) is 45.6 Å². The van der Waals surface area contributed by atoms with Gasteiger partial charge in [-0.25, -0.2) is 4.79 Å². The number of para-hydroxylation sites is 1. The first-order chi connectivity index (χ1) is 13.1. The molecule has 0 saturated carbocycles. The molecular weight excluding hydrogens is 340 g/mol. The lowest BCUT2D eigenvalue weighted by Crippen LogP contribution is -2.35. The van der Waals surface area contributed by atoms with Crippen LogP contribution in [0, 0.1) is 0 Å². The molecule has 0 bridgehead atoms. The Hall–Kier alpha value is -2.08. The predicted molar refractivity (Wildman–Crippen MR) is 110 cm³/mol. The fraction of sp³-hybridized carbons (Fsp3) is 0.619. The van der Waals surface area contributed by atoms with Crippen LogP contribution in [-0.2, 0) is 11.2 Å². The highest BCUT2D eigenvalue weighted by atomic mass is 16.2. The molecule has 0 radical (unpaired) electrons. The second-order valence-electron chi connectivity index (χ2n) is 7.29. The van der Waals surface area contributed by atoms with Crippen LogP contribution in [0.5, 0.6) is 0 Å². The first kappa shape index (κ1) is 21.2. The van der Waals surface area contributed by atoms with Gasteiger partial charge in [0.15, 0.2) is 0 Å². The zero-order valence-corrected chi connectivity index (χ0v) is 16.8. The number of aryl methyl sites for hydroxylation is 1.